The van der Waals surface area contributed by atoms with E-state index in [1.54, 1.807) is 43.3 Å². The SMILES string of the molecule is COC(=O)c1cc(NC(=O)CN(c2cc(C)ccc2OC)S(=O)(=O)c2ccccc2)cc(C(=O)OC)c1. The number of rotatable bonds is 9. The Bertz CT molecular complexity index is 1390. The number of nitrogens with zero attached hydrogens (tertiary/aromatic N) is 1. The number of hydrogen-bond acceptors (Lipinski definition) is 8. The zero-order valence-corrected chi connectivity index (χ0v) is 21.5. The molecule has 0 aliphatic heterocycles. The highest BCUT2D eigenvalue weighted by atomic mass is 32.2. The van der Waals surface area contributed by atoms with Gasteiger partial charge in [-0.05, 0) is 55.0 Å². The maximum Gasteiger partial charge on any atom is 0.337 e. The van der Waals surface area contributed by atoms with Crippen LogP contribution in [0, 0.1) is 6.92 Å². The van der Waals surface area contributed by atoms with E-state index in [9.17, 15) is 22.8 Å². The quantitative estimate of drug-likeness (QED) is 0.420. The zero-order chi connectivity index (χ0) is 27.2. The molecule has 0 fully saturated rings. The molecule has 37 heavy (non-hydrogen) atoms. The van der Waals surface area contributed by atoms with Gasteiger partial charge in [0.2, 0.25) is 5.91 Å². The third kappa shape index (κ3) is 6.25. The predicted molar refractivity (Wildman–Crippen MR) is 136 cm³/mol. The predicted octanol–water partition coefficient (Wildman–Crippen LogP) is 3.41. The van der Waals surface area contributed by atoms with Crippen LogP contribution in [0.25, 0.3) is 0 Å². The summed E-state index contributed by atoms with van der Waals surface area (Å²) >= 11 is 0. The Hall–Kier alpha value is -4.38. The molecular weight excluding hydrogens is 500 g/mol. The lowest BCUT2D eigenvalue weighted by molar-refractivity contribution is -0.114. The fraction of sp³-hybridized carbons (Fsp3) is 0.192. The fourth-order valence-corrected chi connectivity index (χ4v) is 4.96. The van der Waals surface area contributed by atoms with Crippen LogP contribution in [0.3, 0.4) is 0 Å². The minimum absolute atomic E-state index is 0.00480. The lowest BCUT2D eigenvalue weighted by Gasteiger charge is -2.26. The molecule has 0 radical (unpaired) electrons. The Kier molecular flexibility index (Phi) is 8.51. The maximum absolute atomic E-state index is 13.6. The highest BCUT2D eigenvalue weighted by molar-refractivity contribution is 7.92. The number of methoxy groups -OCH3 is 3. The fourth-order valence-electron chi connectivity index (χ4n) is 3.52. The molecule has 1 N–H and O–H groups in total. The minimum atomic E-state index is -4.20. The van der Waals surface area contributed by atoms with Crippen molar-refractivity contribution >= 4 is 39.2 Å². The summed E-state index contributed by atoms with van der Waals surface area (Å²) < 4.78 is 43.0. The standard InChI is InChI=1S/C26H26N2O8S/c1-17-10-11-23(34-2)22(12-17)28(37(32,33)21-8-6-5-7-9-21)16-24(29)27-20-14-18(25(30)35-3)13-19(15-20)26(31)36-4/h5-15H,16H2,1-4H3,(H,27,29). The number of nitrogens with one attached hydrogen (secondary N) is 1. The molecule has 3 rings (SSSR count). The zero-order valence-electron chi connectivity index (χ0n) is 20.7. The lowest BCUT2D eigenvalue weighted by Crippen LogP contribution is -2.38. The van der Waals surface area contributed by atoms with Crippen molar-refractivity contribution in [2.24, 2.45) is 0 Å². The molecule has 0 aliphatic rings. The molecule has 0 saturated carbocycles. The first kappa shape index (κ1) is 27.2. The van der Waals surface area contributed by atoms with Gasteiger partial charge in [0.1, 0.15) is 12.3 Å². The van der Waals surface area contributed by atoms with Crippen LogP contribution in [-0.2, 0) is 24.3 Å². The van der Waals surface area contributed by atoms with Gasteiger partial charge in [0.05, 0.1) is 43.0 Å². The monoisotopic (exact) mass is 526 g/mol. The van der Waals surface area contributed by atoms with E-state index >= 15 is 0 Å². The topological polar surface area (TPSA) is 128 Å². The van der Waals surface area contributed by atoms with Gasteiger partial charge in [-0.1, -0.05) is 24.3 Å². The van der Waals surface area contributed by atoms with E-state index in [0.29, 0.717) is 0 Å². The van der Waals surface area contributed by atoms with Crippen molar-refractivity contribution < 1.29 is 37.0 Å². The molecule has 1 amide bonds. The molecule has 0 saturated heterocycles. The highest BCUT2D eigenvalue weighted by Gasteiger charge is 2.29. The van der Waals surface area contributed by atoms with Gasteiger partial charge in [0.25, 0.3) is 10.0 Å². The molecule has 0 heterocycles. The second-order valence-corrected chi connectivity index (χ2v) is 9.69. The molecular formula is C26H26N2O8S. The largest absolute Gasteiger partial charge is 0.495 e. The van der Waals surface area contributed by atoms with Gasteiger partial charge < -0.3 is 19.5 Å². The highest BCUT2D eigenvalue weighted by Crippen LogP contribution is 2.33. The van der Waals surface area contributed by atoms with Crippen molar-refractivity contribution in [3.63, 3.8) is 0 Å². The normalized spacial score (nSPS) is 10.8. The Morgan fingerprint density at radius 1 is 0.838 bits per heavy atom. The third-order valence-electron chi connectivity index (χ3n) is 5.28. The summed E-state index contributed by atoms with van der Waals surface area (Å²) in [6, 6.07) is 16.5. The molecule has 0 aliphatic carbocycles. The Labute approximate surface area is 214 Å². The van der Waals surface area contributed by atoms with Gasteiger partial charge in [0, 0.05) is 5.69 Å². The molecule has 0 spiro atoms. The van der Waals surface area contributed by atoms with E-state index in [0.717, 1.165) is 9.87 Å². The molecule has 10 nitrogen and oxygen atoms in total. The lowest BCUT2D eigenvalue weighted by atomic mass is 10.1. The van der Waals surface area contributed by atoms with Crippen LogP contribution in [0.1, 0.15) is 26.3 Å². The van der Waals surface area contributed by atoms with Crippen LogP contribution in [0.15, 0.2) is 71.6 Å². The van der Waals surface area contributed by atoms with Gasteiger partial charge >= 0.3 is 11.9 Å². The molecule has 11 heteroatoms. The van der Waals surface area contributed by atoms with Gasteiger partial charge in [-0.3, -0.25) is 9.10 Å². The first-order valence-electron chi connectivity index (χ1n) is 10.9. The third-order valence-corrected chi connectivity index (χ3v) is 7.05. The molecule has 0 bridgehead atoms. The van der Waals surface area contributed by atoms with Crippen molar-refractivity contribution in [2.45, 2.75) is 11.8 Å². The Balaban J connectivity index is 2.03. The molecule has 194 valence electrons. The van der Waals surface area contributed by atoms with Crippen molar-refractivity contribution in [3.05, 3.63) is 83.4 Å². The number of carbonyl (C=O) groups excluding carboxylic acids is 3. The number of esters is 2. The van der Waals surface area contributed by atoms with Crippen LogP contribution < -0.4 is 14.4 Å². The maximum atomic E-state index is 13.6. The van der Waals surface area contributed by atoms with Gasteiger partial charge in [0.15, 0.2) is 0 Å². The number of aryl methyl sites for hydroxylation is 1. The average Bonchev–Trinajstić information content (AvgIpc) is 2.90. The number of sulfonamides is 1. The molecule has 0 atom stereocenters. The summed E-state index contributed by atoms with van der Waals surface area (Å²) in [5, 5.41) is 2.56. The summed E-state index contributed by atoms with van der Waals surface area (Å²) in [6.07, 6.45) is 0. The number of anilines is 2. The van der Waals surface area contributed by atoms with E-state index in [-0.39, 0.29) is 33.1 Å². The van der Waals surface area contributed by atoms with Crippen LogP contribution in [0.4, 0.5) is 11.4 Å². The summed E-state index contributed by atoms with van der Waals surface area (Å²) in [7, 11) is -0.453. The van der Waals surface area contributed by atoms with Crippen molar-refractivity contribution in [1.82, 2.24) is 0 Å². The minimum Gasteiger partial charge on any atom is -0.495 e. The van der Waals surface area contributed by atoms with E-state index < -0.39 is 34.4 Å². The van der Waals surface area contributed by atoms with Crippen molar-refractivity contribution in [1.29, 1.82) is 0 Å². The van der Waals surface area contributed by atoms with E-state index in [2.05, 4.69) is 5.32 Å². The number of benzene rings is 3. The van der Waals surface area contributed by atoms with Crippen LogP contribution in [0.5, 0.6) is 5.75 Å². The first-order valence-corrected chi connectivity index (χ1v) is 12.4. The number of ether oxygens (including phenoxy) is 3. The van der Waals surface area contributed by atoms with Crippen LogP contribution >= 0.6 is 0 Å². The smallest absolute Gasteiger partial charge is 0.337 e. The van der Waals surface area contributed by atoms with E-state index in [4.69, 9.17) is 14.2 Å². The molecule has 0 unspecified atom stereocenters. The average molecular weight is 527 g/mol. The van der Waals surface area contributed by atoms with Gasteiger partial charge in [-0.15, -0.1) is 0 Å². The van der Waals surface area contributed by atoms with Gasteiger partial charge in [-0.2, -0.15) is 0 Å². The second kappa shape index (κ2) is 11.6. The van der Waals surface area contributed by atoms with Crippen molar-refractivity contribution in [2.75, 3.05) is 37.5 Å². The van der Waals surface area contributed by atoms with Crippen LogP contribution in [-0.4, -0.2) is 54.1 Å². The van der Waals surface area contributed by atoms with E-state index in [1.807, 2.05) is 0 Å². The van der Waals surface area contributed by atoms with E-state index in [1.165, 1.54) is 51.7 Å². The summed E-state index contributed by atoms with van der Waals surface area (Å²) in [6.45, 7) is 1.15. The molecule has 3 aromatic rings. The number of hydrogen-bond donors (Lipinski definition) is 1. The first-order chi connectivity index (χ1) is 17.6. The van der Waals surface area contributed by atoms with Gasteiger partial charge in [-0.25, -0.2) is 18.0 Å². The number of carbonyl (C=O) groups is 3. The van der Waals surface area contributed by atoms with Crippen LogP contribution in [0.2, 0.25) is 0 Å². The Morgan fingerprint density at radius 2 is 1.43 bits per heavy atom. The summed E-state index contributed by atoms with van der Waals surface area (Å²) in [5.41, 5.74) is 0.976. The summed E-state index contributed by atoms with van der Waals surface area (Å²) in [4.78, 5) is 37.3. The number of amides is 1. The van der Waals surface area contributed by atoms with Crippen molar-refractivity contribution in [3.8, 4) is 5.75 Å². The molecule has 0 aromatic heterocycles. The molecule has 3 aromatic carbocycles. The second-order valence-electron chi connectivity index (χ2n) is 7.83. The Morgan fingerprint density at radius 3 is 1.97 bits per heavy atom. The summed E-state index contributed by atoms with van der Waals surface area (Å²) in [5.74, 6) is -1.96.